The van der Waals surface area contributed by atoms with Crippen LogP contribution in [-0.4, -0.2) is 15.7 Å². The lowest BCUT2D eigenvalue weighted by Crippen LogP contribution is -2.14. The summed E-state index contributed by atoms with van der Waals surface area (Å²) in [4.78, 5) is 12.3. The molecule has 27 heavy (non-hydrogen) atoms. The van der Waals surface area contributed by atoms with Gasteiger partial charge in [0.15, 0.2) is 5.82 Å². The van der Waals surface area contributed by atoms with Crippen LogP contribution in [0.2, 0.25) is 5.02 Å². The van der Waals surface area contributed by atoms with Crippen LogP contribution in [0.5, 0.6) is 0 Å². The summed E-state index contributed by atoms with van der Waals surface area (Å²) in [5, 5.41) is 7.46. The van der Waals surface area contributed by atoms with Crippen molar-refractivity contribution in [3.63, 3.8) is 0 Å². The highest BCUT2D eigenvalue weighted by Crippen LogP contribution is 2.29. The molecular formula is C19H15ClF3N3O. The van der Waals surface area contributed by atoms with Gasteiger partial charge in [-0.15, -0.1) is 0 Å². The van der Waals surface area contributed by atoms with Gasteiger partial charge in [-0.25, -0.2) is 0 Å². The van der Waals surface area contributed by atoms with Crippen LogP contribution in [0.15, 0.2) is 54.6 Å². The van der Waals surface area contributed by atoms with E-state index in [1.165, 1.54) is 12.1 Å². The molecule has 0 aliphatic rings. The number of carbonyl (C=O) groups is 1. The minimum absolute atomic E-state index is 0.0882. The minimum Gasteiger partial charge on any atom is -0.305 e. The second-order valence-corrected chi connectivity index (χ2v) is 6.42. The molecule has 0 fully saturated rings. The maximum absolute atomic E-state index is 12.8. The summed E-state index contributed by atoms with van der Waals surface area (Å²) in [5.74, 6) is -0.388. The van der Waals surface area contributed by atoms with Crippen LogP contribution in [0.1, 0.15) is 27.2 Å². The van der Waals surface area contributed by atoms with Crippen molar-refractivity contribution >= 4 is 23.3 Å². The third-order valence-corrected chi connectivity index (χ3v) is 4.17. The molecule has 1 amide bonds. The molecule has 1 aromatic heterocycles. The van der Waals surface area contributed by atoms with Gasteiger partial charge in [-0.2, -0.15) is 18.3 Å². The van der Waals surface area contributed by atoms with Crippen molar-refractivity contribution in [2.24, 2.45) is 0 Å². The third kappa shape index (κ3) is 4.68. The van der Waals surface area contributed by atoms with Crippen LogP contribution in [0.25, 0.3) is 0 Å². The first-order valence-corrected chi connectivity index (χ1v) is 8.38. The van der Waals surface area contributed by atoms with E-state index < -0.39 is 17.6 Å². The minimum atomic E-state index is -4.51. The number of aromatic nitrogens is 2. The molecular weight excluding hydrogens is 379 g/mol. The molecule has 0 radical (unpaired) electrons. The average molecular weight is 394 g/mol. The maximum Gasteiger partial charge on any atom is 0.416 e. The largest absolute Gasteiger partial charge is 0.416 e. The highest BCUT2D eigenvalue weighted by atomic mass is 35.5. The van der Waals surface area contributed by atoms with Gasteiger partial charge in [0.25, 0.3) is 5.91 Å². The second kappa shape index (κ2) is 7.44. The van der Waals surface area contributed by atoms with Gasteiger partial charge in [-0.05, 0) is 42.8 Å². The number of nitrogens with one attached hydrogen (secondary N) is 1. The van der Waals surface area contributed by atoms with E-state index in [2.05, 4.69) is 10.4 Å². The quantitative estimate of drug-likeness (QED) is 0.665. The van der Waals surface area contributed by atoms with Gasteiger partial charge in [0.05, 0.1) is 12.1 Å². The predicted octanol–water partition coefficient (Wildman–Crippen LogP) is 5.16. The smallest absolute Gasteiger partial charge is 0.305 e. The van der Waals surface area contributed by atoms with Gasteiger partial charge in [-0.1, -0.05) is 29.8 Å². The topological polar surface area (TPSA) is 46.9 Å². The first-order valence-electron chi connectivity index (χ1n) is 8.00. The van der Waals surface area contributed by atoms with Crippen LogP contribution >= 0.6 is 11.6 Å². The van der Waals surface area contributed by atoms with Gasteiger partial charge in [0, 0.05) is 22.3 Å². The Labute approximate surface area is 158 Å². The molecule has 0 saturated heterocycles. The van der Waals surface area contributed by atoms with Gasteiger partial charge in [0.1, 0.15) is 0 Å². The molecule has 0 saturated carbocycles. The standard InChI is InChI=1S/C19H15ClF3N3O/c1-12-9-17(25-26(12)11-13-5-7-16(20)8-6-13)24-18(27)14-3-2-4-15(10-14)19(21,22)23/h2-10H,11H2,1H3,(H,24,25,27). The van der Waals surface area contributed by atoms with E-state index in [-0.39, 0.29) is 11.4 Å². The summed E-state index contributed by atoms with van der Waals surface area (Å²) in [6.45, 7) is 2.30. The molecule has 2 aromatic carbocycles. The molecule has 4 nitrogen and oxygen atoms in total. The number of halogens is 4. The molecule has 0 bridgehead atoms. The number of alkyl halides is 3. The number of hydrogen-bond donors (Lipinski definition) is 1. The average Bonchev–Trinajstić information content (AvgIpc) is 2.95. The fourth-order valence-electron chi connectivity index (χ4n) is 2.52. The Balaban J connectivity index is 1.75. The number of anilines is 1. The summed E-state index contributed by atoms with van der Waals surface area (Å²) in [5.41, 5.74) is 0.806. The lowest BCUT2D eigenvalue weighted by molar-refractivity contribution is -0.137. The third-order valence-electron chi connectivity index (χ3n) is 3.92. The molecule has 8 heteroatoms. The molecule has 0 aliphatic carbocycles. The van der Waals surface area contributed by atoms with E-state index >= 15 is 0 Å². The van der Waals surface area contributed by atoms with Crippen molar-refractivity contribution in [2.45, 2.75) is 19.6 Å². The van der Waals surface area contributed by atoms with Crippen molar-refractivity contribution in [1.82, 2.24) is 9.78 Å². The highest BCUT2D eigenvalue weighted by Gasteiger charge is 2.30. The lowest BCUT2D eigenvalue weighted by atomic mass is 10.1. The fourth-order valence-corrected chi connectivity index (χ4v) is 2.65. The maximum atomic E-state index is 12.8. The fraction of sp³-hybridized carbons (Fsp3) is 0.158. The van der Waals surface area contributed by atoms with E-state index in [0.29, 0.717) is 11.6 Å². The summed E-state index contributed by atoms with van der Waals surface area (Å²) in [7, 11) is 0. The Morgan fingerprint density at radius 1 is 1.15 bits per heavy atom. The zero-order chi connectivity index (χ0) is 19.6. The number of rotatable bonds is 4. The van der Waals surface area contributed by atoms with Crippen molar-refractivity contribution in [2.75, 3.05) is 5.32 Å². The Morgan fingerprint density at radius 2 is 1.85 bits per heavy atom. The Bertz CT molecular complexity index is 965. The summed E-state index contributed by atoms with van der Waals surface area (Å²) in [6, 6.07) is 13.2. The number of hydrogen-bond acceptors (Lipinski definition) is 2. The highest BCUT2D eigenvalue weighted by molar-refractivity contribution is 6.30. The van der Waals surface area contributed by atoms with Crippen molar-refractivity contribution in [3.8, 4) is 0 Å². The molecule has 0 aliphatic heterocycles. The van der Waals surface area contributed by atoms with Gasteiger partial charge >= 0.3 is 6.18 Å². The first-order chi connectivity index (χ1) is 12.7. The molecule has 0 unspecified atom stereocenters. The number of carbonyl (C=O) groups excluding carboxylic acids is 1. The molecule has 0 spiro atoms. The van der Waals surface area contributed by atoms with Crippen molar-refractivity contribution in [1.29, 1.82) is 0 Å². The molecule has 1 heterocycles. The number of nitrogens with zero attached hydrogens (tertiary/aromatic N) is 2. The first kappa shape index (κ1) is 19.0. The number of benzene rings is 2. The second-order valence-electron chi connectivity index (χ2n) is 5.99. The van der Waals surface area contributed by atoms with Crippen molar-refractivity contribution in [3.05, 3.63) is 82.0 Å². The molecule has 0 atom stereocenters. The SMILES string of the molecule is Cc1cc(NC(=O)c2cccc(C(F)(F)F)c2)nn1Cc1ccc(Cl)cc1. The van der Waals surface area contributed by atoms with E-state index in [1.54, 1.807) is 22.9 Å². The van der Waals surface area contributed by atoms with Crippen LogP contribution in [0.3, 0.4) is 0 Å². The summed E-state index contributed by atoms with van der Waals surface area (Å²) in [6.07, 6.45) is -4.51. The van der Waals surface area contributed by atoms with Crippen LogP contribution in [0, 0.1) is 6.92 Å². The van der Waals surface area contributed by atoms with Crippen LogP contribution in [-0.2, 0) is 12.7 Å². The summed E-state index contributed by atoms with van der Waals surface area (Å²) >= 11 is 5.86. The van der Waals surface area contributed by atoms with Crippen molar-refractivity contribution < 1.29 is 18.0 Å². The van der Waals surface area contributed by atoms with Crippen LogP contribution < -0.4 is 5.32 Å². The van der Waals surface area contributed by atoms with E-state index in [9.17, 15) is 18.0 Å². The lowest BCUT2D eigenvalue weighted by Gasteiger charge is -2.08. The van der Waals surface area contributed by atoms with Gasteiger partial charge in [-0.3, -0.25) is 9.48 Å². The Kier molecular flexibility index (Phi) is 5.23. The zero-order valence-electron chi connectivity index (χ0n) is 14.2. The Morgan fingerprint density at radius 3 is 2.52 bits per heavy atom. The summed E-state index contributed by atoms with van der Waals surface area (Å²) < 4.78 is 40.1. The normalized spacial score (nSPS) is 11.4. The molecule has 1 N–H and O–H groups in total. The number of aryl methyl sites for hydroxylation is 1. The zero-order valence-corrected chi connectivity index (χ0v) is 15.0. The van der Waals surface area contributed by atoms with E-state index in [4.69, 9.17) is 11.6 Å². The molecule has 3 rings (SSSR count). The monoisotopic (exact) mass is 393 g/mol. The van der Waals surface area contributed by atoms with Gasteiger partial charge in [0.2, 0.25) is 0 Å². The van der Waals surface area contributed by atoms with E-state index in [0.717, 1.165) is 23.4 Å². The number of amides is 1. The predicted molar refractivity (Wildman–Crippen MR) is 96.9 cm³/mol. The molecule has 140 valence electrons. The Hall–Kier alpha value is -2.80. The van der Waals surface area contributed by atoms with E-state index in [1.807, 2.05) is 19.1 Å². The molecule has 3 aromatic rings. The van der Waals surface area contributed by atoms with Gasteiger partial charge < -0.3 is 5.32 Å². The van der Waals surface area contributed by atoms with Crippen LogP contribution in [0.4, 0.5) is 19.0 Å².